The van der Waals surface area contributed by atoms with Crippen LogP contribution in [0.4, 0.5) is 5.69 Å². The van der Waals surface area contributed by atoms with Crippen LogP contribution in [-0.4, -0.2) is 20.2 Å². The number of hydrogen-bond donors (Lipinski definition) is 1. The van der Waals surface area contributed by atoms with E-state index in [-0.39, 0.29) is 5.41 Å². The lowest BCUT2D eigenvalue weighted by atomic mass is 9.73. The molecule has 5 heteroatoms. The summed E-state index contributed by atoms with van der Waals surface area (Å²) in [5.74, 6) is 0.845. The second kappa shape index (κ2) is 5.13. The third-order valence-corrected chi connectivity index (χ3v) is 4.77. The number of aromatic nitrogens is 4. The molecule has 1 atom stereocenters. The van der Waals surface area contributed by atoms with Crippen molar-refractivity contribution in [1.82, 2.24) is 20.2 Å². The first-order chi connectivity index (χ1) is 9.99. The minimum absolute atomic E-state index is 0.227. The smallest absolute Gasteiger partial charge is 0.182 e. The highest BCUT2D eigenvalue weighted by atomic mass is 15.6. The minimum Gasteiger partial charge on any atom is -0.399 e. The van der Waals surface area contributed by atoms with E-state index in [9.17, 15) is 0 Å². The Morgan fingerprint density at radius 2 is 2.10 bits per heavy atom. The second-order valence-electron chi connectivity index (χ2n) is 6.77. The van der Waals surface area contributed by atoms with Gasteiger partial charge in [0.05, 0.1) is 6.04 Å². The lowest BCUT2D eigenvalue weighted by Gasteiger charge is -2.38. The SMILES string of the molecule is Cc1cc(-c2nnnn2C2CCCCC2(C)C)ccc1N. The van der Waals surface area contributed by atoms with E-state index in [0.717, 1.165) is 29.1 Å². The molecule has 112 valence electrons. The fourth-order valence-corrected chi connectivity index (χ4v) is 3.34. The summed E-state index contributed by atoms with van der Waals surface area (Å²) in [6.45, 7) is 6.64. The van der Waals surface area contributed by atoms with Crippen molar-refractivity contribution in [3.63, 3.8) is 0 Å². The highest BCUT2D eigenvalue weighted by Gasteiger charge is 2.35. The Morgan fingerprint density at radius 3 is 2.81 bits per heavy atom. The molecule has 0 amide bonds. The molecule has 1 aliphatic carbocycles. The van der Waals surface area contributed by atoms with E-state index in [0.29, 0.717) is 6.04 Å². The summed E-state index contributed by atoms with van der Waals surface area (Å²) in [5.41, 5.74) is 9.03. The predicted octanol–water partition coefficient (Wildman–Crippen LogP) is 3.37. The quantitative estimate of drug-likeness (QED) is 0.859. The number of nitrogens with zero attached hydrogens (tertiary/aromatic N) is 4. The zero-order valence-electron chi connectivity index (χ0n) is 13.0. The molecule has 1 fully saturated rings. The lowest BCUT2D eigenvalue weighted by molar-refractivity contribution is 0.132. The summed E-state index contributed by atoms with van der Waals surface area (Å²) in [7, 11) is 0. The highest BCUT2D eigenvalue weighted by Crippen LogP contribution is 2.44. The molecule has 21 heavy (non-hydrogen) atoms. The first-order valence-electron chi connectivity index (χ1n) is 7.63. The molecule has 2 aromatic rings. The third kappa shape index (κ3) is 2.52. The average molecular weight is 285 g/mol. The normalized spacial score (nSPS) is 21.4. The number of nitrogens with two attached hydrogens (primary N) is 1. The van der Waals surface area contributed by atoms with Gasteiger partial charge in [-0.2, -0.15) is 0 Å². The van der Waals surface area contributed by atoms with Crippen molar-refractivity contribution in [2.45, 2.75) is 52.5 Å². The number of tetrazole rings is 1. The van der Waals surface area contributed by atoms with Gasteiger partial charge in [-0.05, 0) is 59.4 Å². The Labute approximate surface area is 125 Å². The maximum Gasteiger partial charge on any atom is 0.182 e. The van der Waals surface area contributed by atoms with Crippen LogP contribution in [0.25, 0.3) is 11.4 Å². The molecule has 1 aliphatic rings. The first kappa shape index (κ1) is 14.0. The molecule has 0 saturated heterocycles. The van der Waals surface area contributed by atoms with Crippen LogP contribution in [0.5, 0.6) is 0 Å². The Balaban J connectivity index is 2.02. The van der Waals surface area contributed by atoms with Gasteiger partial charge in [0.25, 0.3) is 0 Å². The molecule has 1 heterocycles. The van der Waals surface area contributed by atoms with Crippen LogP contribution < -0.4 is 5.73 Å². The molecule has 1 aromatic carbocycles. The molecule has 0 bridgehead atoms. The Morgan fingerprint density at radius 1 is 1.29 bits per heavy atom. The molecule has 3 rings (SSSR count). The van der Waals surface area contributed by atoms with Gasteiger partial charge in [0.15, 0.2) is 5.82 Å². The molecular weight excluding hydrogens is 262 g/mol. The number of hydrogen-bond acceptors (Lipinski definition) is 4. The van der Waals surface area contributed by atoms with Gasteiger partial charge in [-0.15, -0.1) is 5.10 Å². The van der Waals surface area contributed by atoms with Crippen LogP contribution >= 0.6 is 0 Å². The first-order valence-corrected chi connectivity index (χ1v) is 7.63. The number of anilines is 1. The van der Waals surface area contributed by atoms with Crippen molar-refractivity contribution in [2.24, 2.45) is 5.41 Å². The van der Waals surface area contributed by atoms with Gasteiger partial charge in [0.2, 0.25) is 0 Å². The molecule has 1 unspecified atom stereocenters. The summed E-state index contributed by atoms with van der Waals surface area (Å²) in [5, 5.41) is 12.5. The zero-order valence-corrected chi connectivity index (χ0v) is 13.0. The van der Waals surface area contributed by atoms with E-state index in [2.05, 4.69) is 35.4 Å². The Hall–Kier alpha value is -1.91. The van der Waals surface area contributed by atoms with Crippen LogP contribution in [0.3, 0.4) is 0 Å². The Bertz CT molecular complexity index is 644. The van der Waals surface area contributed by atoms with Gasteiger partial charge < -0.3 is 5.73 Å². The van der Waals surface area contributed by atoms with Gasteiger partial charge in [0, 0.05) is 11.3 Å². The van der Waals surface area contributed by atoms with Crippen LogP contribution in [0, 0.1) is 12.3 Å². The second-order valence-corrected chi connectivity index (χ2v) is 6.77. The van der Waals surface area contributed by atoms with Crippen molar-refractivity contribution in [1.29, 1.82) is 0 Å². The van der Waals surface area contributed by atoms with Gasteiger partial charge >= 0.3 is 0 Å². The monoisotopic (exact) mass is 285 g/mol. The maximum atomic E-state index is 5.91. The highest BCUT2D eigenvalue weighted by molar-refractivity contribution is 5.61. The number of benzene rings is 1. The summed E-state index contributed by atoms with van der Waals surface area (Å²) >= 11 is 0. The van der Waals surface area contributed by atoms with Crippen LogP contribution in [0.15, 0.2) is 18.2 Å². The fraction of sp³-hybridized carbons (Fsp3) is 0.562. The van der Waals surface area contributed by atoms with Crippen molar-refractivity contribution in [3.8, 4) is 11.4 Å². The number of rotatable bonds is 2. The number of aryl methyl sites for hydroxylation is 1. The molecule has 1 aromatic heterocycles. The molecule has 0 aliphatic heterocycles. The van der Waals surface area contributed by atoms with Crippen molar-refractivity contribution in [2.75, 3.05) is 5.73 Å². The van der Waals surface area contributed by atoms with Crippen molar-refractivity contribution >= 4 is 5.69 Å². The lowest BCUT2D eigenvalue weighted by Crippen LogP contribution is -2.31. The van der Waals surface area contributed by atoms with E-state index in [1.165, 1.54) is 19.3 Å². The summed E-state index contributed by atoms with van der Waals surface area (Å²) in [6, 6.07) is 6.35. The van der Waals surface area contributed by atoms with Crippen molar-refractivity contribution in [3.05, 3.63) is 23.8 Å². The molecule has 2 N–H and O–H groups in total. The van der Waals surface area contributed by atoms with Gasteiger partial charge in [-0.3, -0.25) is 0 Å². The van der Waals surface area contributed by atoms with E-state index in [1.54, 1.807) is 0 Å². The minimum atomic E-state index is 0.227. The maximum absolute atomic E-state index is 5.91. The topological polar surface area (TPSA) is 69.6 Å². The largest absolute Gasteiger partial charge is 0.399 e. The van der Waals surface area contributed by atoms with E-state index >= 15 is 0 Å². The van der Waals surface area contributed by atoms with Crippen LogP contribution in [0.2, 0.25) is 0 Å². The Kier molecular flexibility index (Phi) is 3.43. The van der Waals surface area contributed by atoms with E-state index < -0.39 is 0 Å². The van der Waals surface area contributed by atoms with Gasteiger partial charge in [0.1, 0.15) is 0 Å². The standard InChI is InChI=1S/C16H23N5/c1-11-10-12(7-8-13(11)17)15-18-19-20-21(15)14-6-4-5-9-16(14,2)3/h7-8,10,14H,4-6,9,17H2,1-3H3. The summed E-state index contributed by atoms with van der Waals surface area (Å²) < 4.78 is 2.02. The fourth-order valence-electron chi connectivity index (χ4n) is 3.34. The van der Waals surface area contributed by atoms with Gasteiger partial charge in [-0.1, -0.05) is 26.7 Å². The molecular formula is C16H23N5. The van der Waals surface area contributed by atoms with Crippen LogP contribution in [0.1, 0.15) is 51.1 Å². The third-order valence-electron chi connectivity index (χ3n) is 4.77. The summed E-state index contributed by atoms with van der Waals surface area (Å²) in [4.78, 5) is 0. The van der Waals surface area contributed by atoms with Crippen molar-refractivity contribution < 1.29 is 0 Å². The molecule has 0 radical (unpaired) electrons. The molecule has 1 saturated carbocycles. The van der Waals surface area contributed by atoms with E-state index in [4.69, 9.17) is 5.73 Å². The predicted molar refractivity (Wildman–Crippen MR) is 83.7 cm³/mol. The molecule has 0 spiro atoms. The van der Waals surface area contributed by atoms with Gasteiger partial charge in [-0.25, -0.2) is 4.68 Å². The van der Waals surface area contributed by atoms with Crippen LogP contribution in [-0.2, 0) is 0 Å². The number of nitrogen functional groups attached to an aromatic ring is 1. The molecule has 5 nitrogen and oxygen atoms in total. The average Bonchev–Trinajstić information content (AvgIpc) is 2.90. The summed E-state index contributed by atoms with van der Waals surface area (Å²) in [6.07, 6.45) is 4.90. The van der Waals surface area contributed by atoms with E-state index in [1.807, 2.05) is 23.7 Å². The zero-order chi connectivity index (χ0) is 15.0.